The summed E-state index contributed by atoms with van der Waals surface area (Å²) in [4.78, 5) is 4.99. The minimum absolute atomic E-state index is 0.129. The molecular weight excluding hydrogens is 514 g/mol. The van der Waals surface area contributed by atoms with Crippen molar-refractivity contribution in [3.63, 3.8) is 0 Å². The number of ether oxygens (including phenoxy) is 1. The third-order valence-corrected chi connectivity index (χ3v) is 10.4. The highest BCUT2D eigenvalue weighted by atomic mass is 31.2. The molecule has 0 bridgehead atoms. The number of halogens is 3. The molecule has 0 N–H and O–H groups in total. The molecule has 198 valence electrons. The maximum Gasteiger partial charge on any atom is 0.418 e. The van der Waals surface area contributed by atoms with Crippen molar-refractivity contribution in [2.75, 3.05) is 33.4 Å². The van der Waals surface area contributed by atoms with Crippen molar-refractivity contribution in [3.05, 3.63) is 71.4 Å². The molecule has 0 unspecified atom stereocenters. The molecule has 2 aliphatic rings. The second-order valence-electron chi connectivity index (χ2n) is 8.96. The number of benzene rings is 2. The summed E-state index contributed by atoms with van der Waals surface area (Å²) >= 11 is 0. The van der Waals surface area contributed by atoms with Gasteiger partial charge in [0.25, 0.3) is 0 Å². The number of aliphatic imine (C=N–C) groups is 1. The van der Waals surface area contributed by atoms with E-state index in [9.17, 15) is 18.4 Å². The highest BCUT2D eigenvalue weighted by molar-refractivity contribution is 7.70. The van der Waals surface area contributed by atoms with Crippen LogP contribution in [0, 0.1) is 18.3 Å². The number of rotatable bonds is 5. The number of nitrogens with zero attached hydrogens (tertiary/aromatic N) is 7. The first-order valence-corrected chi connectivity index (χ1v) is 13.9. The highest BCUT2D eigenvalue weighted by Gasteiger charge is 2.46. The molecule has 1 aromatic heterocycles. The molecule has 1 saturated heterocycles. The predicted molar refractivity (Wildman–Crippen MR) is 140 cm³/mol. The van der Waals surface area contributed by atoms with Crippen molar-refractivity contribution in [1.29, 1.82) is 5.26 Å². The van der Waals surface area contributed by atoms with E-state index in [-0.39, 0.29) is 12.1 Å². The Morgan fingerprint density at radius 1 is 1.08 bits per heavy atom. The molecule has 0 spiro atoms. The third kappa shape index (κ3) is 4.53. The lowest BCUT2D eigenvalue weighted by Crippen LogP contribution is -2.45. The topological polar surface area (TPSA) is 82.0 Å². The standard InChI is InChI=1S/C26H27F3N7OP/c1-19-23-25(36(32-19)14-8-13-30)31-24(20-9-4-3-5-10-20)34(2)38(23,35-15-17-37-18-16-35)33-22-12-7-6-11-21(22)26(27,28)29/h3-7,9-12H,8,14-18H2,1-2H3/t38-/m0/s1. The molecule has 5 rings (SSSR count). The van der Waals surface area contributed by atoms with Gasteiger partial charge >= 0.3 is 6.18 Å². The third-order valence-electron chi connectivity index (χ3n) is 6.61. The van der Waals surface area contributed by atoms with E-state index < -0.39 is 19.1 Å². The minimum atomic E-state index is -4.57. The molecule has 1 atom stereocenters. The quantitative estimate of drug-likeness (QED) is 0.401. The van der Waals surface area contributed by atoms with Gasteiger partial charge < -0.3 is 9.41 Å². The van der Waals surface area contributed by atoms with E-state index >= 15 is 0 Å². The fraction of sp³-hybridized carbons (Fsp3) is 0.346. The van der Waals surface area contributed by atoms with E-state index in [4.69, 9.17) is 19.6 Å². The Morgan fingerprint density at radius 2 is 1.76 bits per heavy atom. The van der Waals surface area contributed by atoms with Crippen molar-refractivity contribution in [2.24, 2.45) is 9.74 Å². The van der Waals surface area contributed by atoms with Crippen LogP contribution in [0.15, 0.2) is 64.3 Å². The van der Waals surface area contributed by atoms with Gasteiger partial charge in [0.05, 0.1) is 54.5 Å². The van der Waals surface area contributed by atoms with Gasteiger partial charge in [0, 0.05) is 25.7 Å². The maximum absolute atomic E-state index is 14.2. The average Bonchev–Trinajstić information content (AvgIpc) is 3.24. The van der Waals surface area contributed by atoms with Gasteiger partial charge in [-0.25, -0.2) is 19.1 Å². The second-order valence-corrected chi connectivity index (χ2v) is 11.9. The summed E-state index contributed by atoms with van der Waals surface area (Å²) < 4.78 is 59.0. The molecule has 0 saturated carbocycles. The van der Waals surface area contributed by atoms with Crippen LogP contribution >= 0.6 is 7.36 Å². The molecule has 0 amide bonds. The normalized spacial score (nSPS) is 20.0. The molecule has 1 fully saturated rings. The molecule has 8 nitrogen and oxygen atoms in total. The van der Waals surface area contributed by atoms with Gasteiger partial charge in [0.2, 0.25) is 0 Å². The molecule has 2 aliphatic heterocycles. The van der Waals surface area contributed by atoms with Crippen LogP contribution in [0.5, 0.6) is 0 Å². The zero-order valence-electron chi connectivity index (χ0n) is 21.1. The molecule has 12 heteroatoms. The van der Waals surface area contributed by atoms with E-state index in [0.717, 1.165) is 11.6 Å². The van der Waals surface area contributed by atoms with Crippen molar-refractivity contribution in [2.45, 2.75) is 26.1 Å². The number of aryl methyl sites for hydroxylation is 2. The van der Waals surface area contributed by atoms with Crippen LogP contribution < -0.4 is 5.30 Å². The summed E-state index contributed by atoms with van der Waals surface area (Å²) in [5.41, 5.74) is 0.522. The number of morpholine rings is 1. The fourth-order valence-electron chi connectivity index (χ4n) is 4.92. The maximum atomic E-state index is 14.2. The zero-order chi connectivity index (χ0) is 26.9. The van der Waals surface area contributed by atoms with Crippen molar-refractivity contribution in [1.82, 2.24) is 19.1 Å². The molecule has 3 heterocycles. The van der Waals surface area contributed by atoms with E-state index in [2.05, 4.69) is 10.7 Å². The molecular formula is C26H27F3N7OP. The Labute approximate surface area is 219 Å². The van der Waals surface area contributed by atoms with Gasteiger partial charge in [-0.15, -0.1) is 0 Å². The predicted octanol–water partition coefficient (Wildman–Crippen LogP) is 5.47. The Morgan fingerprint density at radius 3 is 2.45 bits per heavy atom. The van der Waals surface area contributed by atoms with Gasteiger partial charge in [0.1, 0.15) is 5.84 Å². The lowest BCUT2D eigenvalue weighted by atomic mass is 10.2. The molecule has 3 aromatic rings. The molecule has 0 aliphatic carbocycles. The van der Waals surface area contributed by atoms with E-state index in [0.29, 0.717) is 55.5 Å². The first-order chi connectivity index (χ1) is 18.3. The Bertz CT molecular complexity index is 1450. The van der Waals surface area contributed by atoms with Crippen LogP contribution in [0.1, 0.15) is 23.2 Å². The van der Waals surface area contributed by atoms with Gasteiger partial charge in [0.15, 0.2) is 13.2 Å². The monoisotopic (exact) mass is 541 g/mol. The number of nitriles is 1. The van der Waals surface area contributed by atoms with Gasteiger partial charge in [-0.05, 0) is 19.1 Å². The first kappa shape index (κ1) is 26.2. The lowest BCUT2D eigenvalue weighted by Gasteiger charge is -2.46. The number of hydrogen-bond acceptors (Lipinski definition) is 5. The molecule has 0 radical (unpaired) electrons. The van der Waals surface area contributed by atoms with E-state index in [1.54, 1.807) is 10.7 Å². The van der Waals surface area contributed by atoms with Crippen LogP contribution in [-0.2, 0) is 17.5 Å². The summed E-state index contributed by atoms with van der Waals surface area (Å²) in [5.74, 6) is 1.12. The van der Waals surface area contributed by atoms with E-state index in [1.807, 2.05) is 49.0 Å². The molecule has 2 aromatic carbocycles. The number of fused-ring (bicyclic) bond motifs is 1. The summed E-state index contributed by atoms with van der Waals surface area (Å²) in [6.45, 7) is 3.98. The Kier molecular flexibility index (Phi) is 7.14. The number of alkyl halides is 3. The van der Waals surface area contributed by atoms with Gasteiger partial charge in [-0.3, -0.25) is 0 Å². The first-order valence-electron chi connectivity index (χ1n) is 12.2. The number of aromatic nitrogens is 2. The fourth-order valence-corrected chi connectivity index (χ4v) is 8.78. The lowest BCUT2D eigenvalue weighted by molar-refractivity contribution is -0.137. The zero-order valence-corrected chi connectivity index (χ0v) is 22.0. The van der Waals surface area contributed by atoms with Crippen LogP contribution in [0.3, 0.4) is 0 Å². The number of hydrogen-bond donors (Lipinski definition) is 0. The van der Waals surface area contributed by atoms with Gasteiger partial charge in [-0.1, -0.05) is 42.5 Å². The summed E-state index contributed by atoms with van der Waals surface area (Å²) in [5, 5.41) is 14.7. The SMILES string of the molecule is Cc1nn(CCC#N)c2c1[P@@](=Nc1ccccc1C(F)(F)F)(N1CCOCC1)N(C)C(c1ccccc1)=N2. The second kappa shape index (κ2) is 10.4. The van der Waals surface area contributed by atoms with Gasteiger partial charge in [-0.2, -0.15) is 23.5 Å². The van der Waals surface area contributed by atoms with Crippen LogP contribution in [0.25, 0.3) is 0 Å². The summed E-state index contributed by atoms with van der Waals surface area (Å²) in [7, 11) is -1.27. The smallest absolute Gasteiger partial charge is 0.379 e. The Hall–Kier alpha value is -3.45. The Balaban J connectivity index is 1.88. The van der Waals surface area contributed by atoms with Crippen molar-refractivity contribution >= 4 is 30.0 Å². The average molecular weight is 542 g/mol. The largest absolute Gasteiger partial charge is 0.418 e. The van der Waals surface area contributed by atoms with Crippen LogP contribution in [0.2, 0.25) is 0 Å². The van der Waals surface area contributed by atoms with Crippen molar-refractivity contribution < 1.29 is 17.9 Å². The van der Waals surface area contributed by atoms with Crippen LogP contribution in [0.4, 0.5) is 24.7 Å². The highest BCUT2D eigenvalue weighted by Crippen LogP contribution is 2.62. The number of amidine groups is 1. The van der Waals surface area contributed by atoms with E-state index in [1.165, 1.54) is 12.1 Å². The summed E-state index contributed by atoms with van der Waals surface area (Å²) in [6.07, 6.45) is -4.36. The molecule has 38 heavy (non-hydrogen) atoms. The summed E-state index contributed by atoms with van der Waals surface area (Å²) in [6, 6.07) is 17.1. The minimum Gasteiger partial charge on any atom is -0.379 e. The van der Waals surface area contributed by atoms with Crippen LogP contribution in [-0.4, -0.2) is 58.3 Å². The van der Waals surface area contributed by atoms with Crippen molar-refractivity contribution in [3.8, 4) is 6.07 Å².